The molecule has 0 aliphatic carbocycles. The van der Waals surface area contributed by atoms with E-state index in [2.05, 4.69) is 15.7 Å². The van der Waals surface area contributed by atoms with Crippen LogP contribution in [0.15, 0.2) is 35.1 Å². The highest BCUT2D eigenvalue weighted by atomic mass is 16.5. The predicted molar refractivity (Wildman–Crippen MR) is 84.7 cm³/mol. The van der Waals surface area contributed by atoms with Gasteiger partial charge in [-0.3, -0.25) is 14.4 Å². The van der Waals surface area contributed by atoms with Crippen molar-refractivity contribution in [1.82, 2.24) is 9.78 Å². The Kier molecular flexibility index (Phi) is 4.75. The van der Waals surface area contributed by atoms with E-state index in [-0.39, 0.29) is 17.2 Å². The Bertz CT molecular complexity index is 813. The number of benzene rings is 1. The Labute approximate surface area is 132 Å². The molecular formula is C15H16N4O4. The first-order valence-corrected chi connectivity index (χ1v) is 6.72. The number of nitrogens with one attached hydrogen (secondary N) is 2. The van der Waals surface area contributed by atoms with E-state index in [0.29, 0.717) is 17.1 Å². The van der Waals surface area contributed by atoms with Crippen molar-refractivity contribution >= 4 is 23.2 Å². The smallest absolute Gasteiger partial charge is 0.276 e. The summed E-state index contributed by atoms with van der Waals surface area (Å²) in [5, 5.41) is 9.14. The lowest BCUT2D eigenvalue weighted by Crippen LogP contribution is -2.23. The number of rotatable bonds is 4. The van der Waals surface area contributed by atoms with Crippen molar-refractivity contribution in [2.45, 2.75) is 6.92 Å². The molecule has 2 aromatic rings. The summed E-state index contributed by atoms with van der Waals surface area (Å²) in [6.07, 6.45) is 0. The summed E-state index contributed by atoms with van der Waals surface area (Å²) in [6.45, 7) is 1.39. The maximum Gasteiger partial charge on any atom is 0.276 e. The van der Waals surface area contributed by atoms with Crippen LogP contribution in [0.5, 0.6) is 5.75 Å². The van der Waals surface area contributed by atoms with Crippen LogP contribution in [0, 0.1) is 0 Å². The molecule has 0 fully saturated rings. The van der Waals surface area contributed by atoms with Gasteiger partial charge in [0.1, 0.15) is 11.4 Å². The number of hydrogen-bond acceptors (Lipinski definition) is 5. The molecule has 0 aliphatic heterocycles. The summed E-state index contributed by atoms with van der Waals surface area (Å²) in [5.41, 5.74) is 0.660. The normalized spacial score (nSPS) is 10.0. The van der Waals surface area contributed by atoms with Crippen molar-refractivity contribution in [3.8, 4) is 5.75 Å². The number of nitrogens with zero attached hydrogens (tertiary/aromatic N) is 2. The average Bonchev–Trinajstić information content (AvgIpc) is 2.49. The summed E-state index contributed by atoms with van der Waals surface area (Å²) in [6, 6.07) is 7.43. The number of carbonyl (C=O) groups is 2. The third-order valence-corrected chi connectivity index (χ3v) is 2.96. The Morgan fingerprint density at radius 2 is 1.91 bits per heavy atom. The van der Waals surface area contributed by atoms with E-state index in [4.69, 9.17) is 4.74 Å². The van der Waals surface area contributed by atoms with Crippen molar-refractivity contribution in [2.75, 3.05) is 17.7 Å². The van der Waals surface area contributed by atoms with Gasteiger partial charge < -0.3 is 15.4 Å². The van der Waals surface area contributed by atoms with Crippen LogP contribution in [-0.2, 0) is 11.8 Å². The highest BCUT2D eigenvalue weighted by molar-refractivity contribution is 6.04. The van der Waals surface area contributed by atoms with Crippen LogP contribution in [0.2, 0.25) is 0 Å². The van der Waals surface area contributed by atoms with Crippen LogP contribution in [0.4, 0.5) is 11.4 Å². The Balaban J connectivity index is 2.29. The van der Waals surface area contributed by atoms with E-state index in [0.717, 1.165) is 4.68 Å². The highest BCUT2D eigenvalue weighted by Crippen LogP contribution is 2.28. The van der Waals surface area contributed by atoms with Crippen molar-refractivity contribution in [3.63, 3.8) is 0 Å². The molecule has 8 heteroatoms. The molecule has 2 amide bonds. The molecule has 23 heavy (non-hydrogen) atoms. The highest BCUT2D eigenvalue weighted by Gasteiger charge is 2.13. The number of hydrogen-bond donors (Lipinski definition) is 2. The predicted octanol–water partition coefficient (Wildman–Crippen LogP) is 1.000. The van der Waals surface area contributed by atoms with E-state index in [1.165, 1.54) is 33.2 Å². The van der Waals surface area contributed by atoms with Gasteiger partial charge in [-0.25, -0.2) is 4.68 Å². The molecule has 0 unspecified atom stereocenters. The van der Waals surface area contributed by atoms with Gasteiger partial charge in [-0.15, -0.1) is 0 Å². The van der Waals surface area contributed by atoms with Crippen molar-refractivity contribution in [1.29, 1.82) is 0 Å². The van der Waals surface area contributed by atoms with Gasteiger partial charge in [0.15, 0.2) is 0 Å². The number of ether oxygens (including phenoxy) is 1. The van der Waals surface area contributed by atoms with Gasteiger partial charge in [-0.05, 0) is 24.3 Å². The zero-order valence-electron chi connectivity index (χ0n) is 12.9. The molecule has 2 rings (SSSR count). The van der Waals surface area contributed by atoms with Crippen molar-refractivity contribution < 1.29 is 14.3 Å². The zero-order valence-corrected chi connectivity index (χ0v) is 12.9. The molecule has 0 bridgehead atoms. The third-order valence-electron chi connectivity index (χ3n) is 2.96. The topological polar surface area (TPSA) is 102 Å². The Morgan fingerprint density at radius 3 is 2.52 bits per heavy atom. The van der Waals surface area contributed by atoms with Crippen LogP contribution in [0.25, 0.3) is 0 Å². The van der Waals surface area contributed by atoms with Gasteiger partial charge in [0, 0.05) is 25.7 Å². The standard InChI is InChI=1S/C15H16N4O4/c1-9(20)16-10-4-6-13(23-3)12(8-10)17-15(22)11-5-7-14(21)19(2)18-11/h4-8H,1-3H3,(H,16,20)(H,17,22). The molecule has 0 radical (unpaired) electrons. The second-order valence-corrected chi connectivity index (χ2v) is 4.73. The number of anilines is 2. The molecule has 2 N–H and O–H groups in total. The lowest BCUT2D eigenvalue weighted by atomic mass is 10.2. The van der Waals surface area contributed by atoms with Gasteiger partial charge in [0.05, 0.1) is 12.8 Å². The third kappa shape index (κ3) is 3.94. The zero-order chi connectivity index (χ0) is 17.0. The number of aromatic nitrogens is 2. The number of aryl methyl sites for hydroxylation is 1. The largest absolute Gasteiger partial charge is 0.495 e. The number of carbonyl (C=O) groups excluding carboxylic acids is 2. The summed E-state index contributed by atoms with van der Waals surface area (Å²) in [7, 11) is 2.92. The van der Waals surface area contributed by atoms with Gasteiger partial charge >= 0.3 is 0 Å². The second-order valence-electron chi connectivity index (χ2n) is 4.73. The fourth-order valence-electron chi connectivity index (χ4n) is 1.90. The van der Waals surface area contributed by atoms with Crippen LogP contribution in [-0.4, -0.2) is 28.7 Å². The molecule has 0 spiro atoms. The van der Waals surface area contributed by atoms with E-state index >= 15 is 0 Å². The minimum Gasteiger partial charge on any atom is -0.495 e. The molecule has 8 nitrogen and oxygen atoms in total. The minimum absolute atomic E-state index is 0.0825. The number of amides is 2. The van der Waals surface area contributed by atoms with Crippen LogP contribution >= 0.6 is 0 Å². The molecule has 0 saturated heterocycles. The summed E-state index contributed by atoms with van der Waals surface area (Å²) in [5.74, 6) is -0.302. The van der Waals surface area contributed by atoms with Crippen LogP contribution < -0.4 is 20.9 Å². The molecule has 0 atom stereocenters. The molecule has 1 heterocycles. The van der Waals surface area contributed by atoms with Crippen LogP contribution in [0.3, 0.4) is 0 Å². The van der Waals surface area contributed by atoms with Gasteiger partial charge in [-0.1, -0.05) is 0 Å². The Hall–Kier alpha value is -3.16. The maximum atomic E-state index is 12.2. The molecule has 1 aromatic carbocycles. The monoisotopic (exact) mass is 316 g/mol. The molecule has 0 saturated carbocycles. The average molecular weight is 316 g/mol. The van der Waals surface area contributed by atoms with Gasteiger partial charge in [0.2, 0.25) is 5.91 Å². The molecule has 1 aromatic heterocycles. The molecule has 0 aliphatic rings. The maximum absolute atomic E-state index is 12.2. The first kappa shape index (κ1) is 16.2. The van der Waals surface area contributed by atoms with E-state index in [9.17, 15) is 14.4 Å². The fourth-order valence-corrected chi connectivity index (χ4v) is 1.90. The lowest BCUT2D eigenvalue weighted by Gasteiger charge is -2.12. The van der Waals surface area contributed by atoms with E-state index < -0.39 is 5.91 Å². The summed E-state index contributed by atoms with van der Waals surface area (Å²) < 4.78 is 6.25. The van der Waals surface area contributed by atoms with Crippen molar-refractivity contribution in [2.24, 2.45) is 7.05 Å². The van der Waals surface area contributed by atoms with Crippen molar-refractivity contribution in [3.05, 3.63) is 46.4 Å². The SMILES string of the molecule is COc1ccc(NC(C)=O)cc1NC(=O)c1ccc(=O)n(C)n1. The van der Waals surface area contributed by atoms with E-state index in [1.807, 2.05) is 0 Å². The quantitative estimate of drug-likeness (QED) is 0.876. The second kappa shape index (κ2) is 6.73. The first-order chi connectivity index (χ1) is 10.9. The fraction of sp³-hybridized carbons (Fsp3) is 0.200. The molecule has 120 valence electrons. The molecular weight excluding hydrogens is 300 g/mol. The number of methoxy groups -OCH3 is 1. The van der Waals surface area contributed by atoms with Gasteiger partial charge in [0.25, 0.3) is 11.5 Å². The summed E-state index contributed by atoms with van der Waals surface area (Å²) >= 11 is 0. The Morgan fingerprint density at radius 1 is 1.17 bits per heavy atom. The lowest BCUT2D eigenvalue weighted by molar-refractivity contribution is -0.114. The minimum atomic E-state index is -0.501. The van der Waals surface area contributed by atoms with E-state index in [1.54, 1.807) is 18.2 Å². The summed E-state index contributed by atoms with van der Waals surface area (Å²) in [4.78, 5) is 34.7. The first-order valence-electron chi connectivity index (χ1n) is 6.72. The van der Waals surface area contributed by atoms with Crippen LogP contribution in [0.1, 0.15) is 17.4 Å². The van der Waals surface area contributed by atoms with Gasteiger partial charge in [-0.2, -0.15) is 5.10 Å².